The summed E-state index contributed by atoms with van der Waals surface area (Å²) in [4.78, 5) is 26.5. The fraction of sp³-hybridized carbons (Fsp3) is 0.235. The van der Waals surface area contributed by atoms with Gasteiger partial charge >= 0.3 is 0 Å². The predicted molar refractivity (Wildman–Crippen MR) is 165 cm³/mol. The number of benzene rings is 4. The summed E-state index contributed by atoms with van der Waals surface area (Å²) in [5.41, 5.74) is 3.92. The lowest BCUT2D eigenvalue weighted by molar-refractivity contribution is -0.114. The number of nitrogens with one attached hydrogen (secondary N) is 1. The third-order valence-electron chi connectivity index (χ3n) is 6.89. The number of hydrogen-bond donors (Lipinski definition) is 1. The smallest absolute Gasteiger partial charge is 0.264 e. The molecular weight excluding hydrogens is 532 g/mol. The van der Waals surface area contributed by atoms with Gasteiger partial charge in [0.05, 0.1) is 10.6 Å². The Kier molecular flexibility index (Phi) is 8.78. The second-order valence-corrected chi connectivity index (χ2v) is 13.2. The van der Waals surface area contributed by atoms with E-state index in [2.05, 4.69) is 39.9 Å². The molecule has 1 N–H and O–H groups in total. The van der Waals surface area contributed by atoms with E-state index in [0.717, 1.165) is 15.4 Å². The van der Waals surface area contributed by atoms with Crippen molar-refractivity contribution in [3.8, 4) is 0 Å². The van der Waals surface area contributed by atoms with Gasteiger partial charge in [0.15, 0.2) is 5.78 Å². The zero-order valence-corrected chi connectivity index (χ0v) is 24.9. The van der Waals surface area contributed by atoms with Crippen molar-refractivity contribution in [1.29, 1.82) is 0 Å². The van der Waals surface area contributed by atoms with Gasteiger partial charge in [-0.25, -0.2) is 8.42 Å². The average molecular weight is 569 g/mol. The van der Waals surface area contributed by atoms with Gasteiger partial charge in [-0.05, 0) is 58.9 Å². The normalized spacial score (nSPS) is 11.8. The first kappa shape index (κ1) is 29.7. The van der Waals surface area contributed by atoms with Crippen molar-refractivity contribution in [3.63, 3.8) is 0 Å². The summed E-state index contributed by atoms with van der Waals surface area (Å²) >= 11 is 0. The van der Waals surface area contributed by atoms with E-state index in [9.17, 15) is 18.0 Å². The molecule has 4 aromatic carbocycles. The van der Waals surface area contributed by atoms with Gasteiger partial charge < -0.3 is 5.32 Å². The van der Waals surface area contributed by atoms with Crippen LogP contribution in [0, 0.1) is 0 Å². The van der Waals surface area contributed by atoms with Crippen molar-refractivity contribution in [2.75, 3.05) is 16.2 Å². The molecule has 0 radical (unpaired) electrons. The van der Waals surface area contributed by atoms with E-state index in [1.54, 1.807) is 54.6 Å². The topological polar surface area (TPSA) is 83.6 Å². The maximum atomic E-state index is 13.6. The first-order valence-electron chi connectivity index (χ1n) is 13.6. The number of rotatable bonds is 9. The highest BCUT2D eigenvalue weighted by molar-refractivity contribution is 7.92. The van der Waals surface area contributed by atoms with Crippen LogP contribution in [0.4, 0.5) is 11.4 Å². The fourth-order valence-corrected chi connectivity index (χ4v) is 5.86. The van der Waals surface area contributed by atoms with Gasteiger partial charge in [-0.2, -0.15) is 0 Å². The Hall–Kier alpha value is -4.23. The van der Waals surface area contributed by atoms with Crippen LogP contribution in [0.5, 0.6) is 0 Å². The maximum absolute atomic E-state index is 13.6. The number of carbonyl (C=O) groups excluding carboxylic acids is 2. The zero-order chi connectivity index (χ0) is 29.8. The monoisotopic (exact) mass is 568 g/mol. The highest BCUT2D eigenvalue weighted by Gasteiger charge is 2.27. The van der Waals surface area contributed by atoms with Crippen molar-refractivity contribution in [3.05, 3.63) is 125 Å². The van der Waals surface area contributed by atoms with E-state index in [1.165, 1.54) is 12.1 Å². The Morgan fingerprint density at radius 2 is 1.41 bits per heavy atom. The van der Waals surface area contributed by atoms with Gasteiger partial charge in [-0.15, -0.1) is 0 Å². The van der Waals surface area contributed by atoms with Crippen LogP contribution < -0.4 is 9.62 Å². The molecule has 41 heavy (non-hydrogen) atoms. The molecule has 0 fully saturated rings. The zero-order valence-electron chi connectivity index (χ0n) is 24.1. The van der Waals surface area contributed by atoms with Crippen LogP contribution in [0.3, 0.4) is 0 Å². The molecule has 0 saturated carbocycles. The quantitative estimate of drug-likeness (QED) is 0.217. The van der Waals surface area contributed by atoms with E-state index in [0.29, 0.717) is 22.5 Å². The van der Waals surface area contributed by atoms with E-state index < -0.39 is 22.5 Å². The highest BCUT2D eigenvalue weighted by Crippen LogP contribution is 2.27. The van der Waals surface area contributed by atoms with E-state index in [1.807, 2.05) is 36.4 Å². The van der Waals surface area contributed by atoms with Crippen LogP contribution in [0.2, 0.25) is 0 Å². The van der Waals surface area contributed by atoms with E-state index in [-0.39, 0.29) is 22.0 Å². The van der Waals surface area contributed by atoms with E-state index >= 15 is 0 Å². The van der Waals surface area contributed by atoms with Gasteiger partial charge in [-0.3, -0.25) is 13.9 Å². The Balaban J connectivity index is 1.57. The molecule has 4 aromatic rings. The molecule has 0 heterocycles. The van der Waals surface area contributed by atoms with E-state index in [4.69, 9.17) is 0 Å². The summed E-state index contributed by atoms with van der Waals surface area (Å²) in [5, 5.41) is 2.77. The molecule has 7 heteroatoms. The Labute approximate surface area is 243 Å². The minimum Gasteiger partial charge on any atom is -0.324 e. The Bertz CT molecular complexity index is 1620. The van der Waals surface area contributed by atoms with Crippen molar-refractivity contribution >= 4 is 33.1 Å². The molecular formula is C34H36N2O4S. The van der Waals surface area contributed by atoms with Gasteiger partial charge in [0, 0.05) is 16.8 Å². The molecule has 0 spiro atoms. The second kappa shape index (κ2) is 12.1. The van der Waals surface area contributed by atoms with Crippen molar-refractivity contribution in [1.82, 2.24) is 0 Å². The van der Waals surface area contributed by atoms with Gasteiger partial charge in [0.25, 0.3) is 10.0 Å². The van der Waals surface area contributed by atoms with Gasteiger partial charge in [0.2, 0.25) is 5.91 Å². The number of ketones is 1. The molecule has 0 atom stereocenters. The van der Waals surface area contributed by atoms with Crippen LogP contribution in [0.25, 0.3) is 0 Å². The first-order valence-corrected chi connectivity index (χ1v) is 15.0. The number of carbonyl (C=O) groups is 2. The SMILES string of the molecule is CC(C)c1ccc(N(CC(=O)Nc2cccc(C(=O)c3ccc(C(C)(C)C)cc3)c2)S(=O)(=O)c2ccccc2)cc1. The molecule has 0 bridgehead atoms. The van der Waals surface area contributed by atoms with Crippen LogP contribution in [0.1, 0.15) is 67.6 Å². The second-order valence-electron chi connectivity index (χ2n) is 11.4. The lowest BCUT2D eigenvalue weighted by Crippen LogP contribution is -2.38. The number of nitrogens with zero attached hydrogens (tertiary/aromatic N) is 1. The first-order chi connectivity index (χ1) is 19.4. The van der Waals surface area contributed by atoms with Crippen LogP contribution in [-0.2, 0) is 20.2 Å². The minimum absolute atomic E-state index is 0.0237. The van der Waals surface area contributed by atoms with Crippen LogP contribution in [0.15, 0.2) is 108 Å². The molecule has 0 aromatic heterocycles. The van der Waals surface area contributed by atoms with Gasteiger partial charge in [-0.1, -0.05) is 101 Å². The van der Waals surface area contributed by atoms with Crippen molar-refractivity contribution < 1.29 is 18.0 Å². The molecule has 0 saturated heterocycles. The summed E-state index contributed by atoms with van der Waals surface area (Å²) in [6, 6.07) is 29.4. The standard InChI is InChI=1S/C34H36N2O4S/c1-24(2)25-16-20-30(21-17-25)36(41(39,40)31-12-7-6-8-13-31)23-32(37)35-29-11-9-10-27(22-29)33(38)26-14-18-28(19-15-26)34(3,4)5/h6-22,24H,23H2,1-5H3,(H,35,37). The molecule has 4 rings (SSSR count). The molecule has 1 amide bonds. The number of hydrogen-bond acceptors (Lipinski definition) is 4. The molecule has 0 unspecified atom stereocenters. The molecule has 6 nitrogen and oxygen atoms in total. The Morgan fingerprint density at radius 1 is 0.780 bits per heavy atom. The summed E-state index contributed by atoms with van der Waals surface area (Å²) < 4.78 is 28.4. The van der Waals surface area contributed by atoms with Crippen LogP contribution >= 0.6 is 0 Å². The molecule has 0 aliphatic carbocycles. The maximum Gasteiger partial charge on any atom is 0.264 e. The lowest BCUT2D eigenvalue weighted by Gasteiger charge is -2.24. The van der Waals surface area contributed by atoms with Gasteiger partial charge in [0.1, 0.15) is 6.54 Å². The Morgan fingerprint density at radius 3 is 2.00 bits per heavy atom. The fourth-order valence-electron chi connectivity index (χ4n) is 4.42. The molecule has 0 aliphatic heterocycles. The van der Waals surface area contributed by atoms with Crippen LogP contribution in [-0.4, -0.2) is 26.7 Å². The largest absolute Gasteiger partial charge is 0.324 e. The number of sulfonamides is 1. The molecule has 212 valence electrons. The summed E-state index contributed by atoms with van der Waals surface area (Å²) in [6.45, 7) is 10.0. The average Bonchev–Trinajstić information content (AvgIpc) is 2.95. The third-order valence-corrected chi connectivity index (χ3v) is 8.68. The third kappa shape index (κ3) is 7.11. The highest BCUT2D eigenvalue weighted by atomic mass is 32.2. The number of anilines is 2. The number of amides is 1. The van der Waals surface area contributed by atoms with Crippen molar-refractivity contribution in [2.45, 2.75) is 50.8 Å². The molecule has 0 aliphatic rings. The predicted octanol–water partition coefficient (Wildman–Crippen LogP) is 7.17. The summed E-state index contributed by atoms with van der Waals surface area (Å²) in [5.74, 6) is -0.422. The van der Waals surface area contributed by atoms with Crippen molar-refractivity contribution in [2.24, 2.45) is 0 Å². The summed E-state index contributed by atoms with van der Waals surface area (Å²) in [6.07, 6.45) is 0. The minimum atomic E-state index is -4.03. The summed E-state index contributed by atoms with van der Waals surface area (Å²) in [7, 11) is -4.03. The lowest BCUT2D eigenvalue weighted by atomic mass is 9.86.